The lowest BCUT2D eigenvalue weighted by atomic mass is 10.1. The van der Waals surface area contributed by atoms with E-state index >= 15 is 0 Å². The van der Waals surface area contributed by atoms with Crippen molar-refractivity contribution in [1.29, 1.82) is 0 Å². The number of hydrogen-bond donors (Lipinski definition) is 1. The van der Waals surface area contributed by atoms with Gasteiger partial charge in [-0.15, -0.1) is 0 Å². The van der Waals surface area contributed by atoms with Crippen LogP contribution in [0.4, 0.5) is 0 Å². The third-order valence-electron chi connectivity index (χ3n) is 3.87. The van der Waals surface area contributed by atoms with Gasteiger partial charge in [0, 0.05) is 12.7 Å². The molecule has 1 saturated heterocycles. The van der Waals surface area contributed by atoms with Crippen molar-refractivity contribution in [3.63, 3.8) is 0 Å². The van der Waals surface area contributed by atoms with Gasteiger partial charge in [-0.05, 0) is 32.4 Å². The SMILES string of the molecule is C[Si]1(C)CCC(CCCO)O[Si]1(C)C. The van der Waals surface area contributed by atoms with Gasteiger partial charge in [0.05, 0.1) is 7.59 Å². The fourth-order valence-corrected chi connectivity index (χ4v) is 8.71. The van der Waals surface area contributed by atoms with Crippen LogP contribution in [0.1, 0.15) is 19.3 Å². The largest absolute Gasteiger partial charge is 0.417 e. The average Bonchev–Trinajstić information content (AvgIpc) is 2.07. The lowest BCUT2D eigenvalue weighted by molar-refractivity contribution is 0.159. The highest BCUT2D eigenvalue weighted by molar-refractivity contribution is 7.38. The van der Waals surface area contributed by atoms with Crippen molar-refractivity contribution in [3.05, 3.63) is 0 Å². The van der Waals surface area contributed by atoms with Gasteiger partial charge in [0.2, 0.25) is 0 Å². The van der Waals surface area contributed by atoms with Gasteiger partial charge >= 0.3 is 0 Å². The number of aliphatic hydroxyl groups excluding tert-OH is 1. The van der Waals surface area contributed by atoms with Crippen LogP contribution in [0.25, 0.3) is 0 Å². The number of rotatable bonds is 3. The van der Waals surface area contributed by atoms with Crippen molar-refractivity contribution < 1.29 is 9.53 Å². The van der Waals surface area contributed by atoms with Gasteiger partial charge in [-0.2, -0.15) is 0 Å². The fraction of sp³-hybridized carbons (Fsp3) is 1.00. The molecule has 1 unspecified atom stereocenters. The monoisotopic (exact) mass is 232 g/mol. The predicted molar refractivity (Wildman–Crippen MR) is 65.6 cm³/mol. The molecule has 1 aliphatic heterocycles. The summed E-state index contributed by atoms with van der Waals surface area (Å²) in [5, 5.41) is 8.79. The summed E-state index contributed by atoms with van der Waals surface area (Å²) >= 11 is 0. The molecule has 0 aromatic rings. The molecule has 0 aromatic carbocycles. The molecule has 0 aromatic heterocycles. The third kappa shape index (κ3) is 2.69. The Kier molecular flexibility index (Phi) is 3.97. The van der Waals surface area contributed by atoms with Crippen LogP contribution in [0.15, 0.2) is 0 Å². The molecule has 1 fully saturated rings. The molecule has 0 spiro atoms. The number of aliphatic hydroxyl groups is 1. The zero-order valence-electron chi connectivity index (χ0n) is 9.97. The van der Waals surface area contributed by atoms with Gasteiger partial charge in [-0.3, -0.25) is 0 Å². The summed E-state index contributed by atoms with van der Waals surface area (Å²) in [5.74, 6) is 0. The summed E-state index contributed by atoms with van der Waals surface area (Å²) in [4.78, 5) is 0. The first-order chi connectivity index (χ1) is 6.39. The molecule has 1 N–H and O–H groups in total. The van der Waals surface area contributed by atoms with Crippen LogP contribution < -0.4 is 0 Å². The van der Waals surface area contributed by atoms with E-state index in [4.69, 9.17) is 9.53 Å². The van der Waals surface area contributed by atoms with Crippen LogP contribution in [0.3, 0.4) is 0 Å². The van der Waals surface area contributed by atoms with E-state index < -0.39 is 15.4 Å². The summed E-state index contributed by atoms with van der Waals surface area (Å²) in [6.45, 7) is 10.0. The first-order valence-corrected chi connectivity index (χ1v) is 12.8. The zero-order valence-corrected chi connectivity index (χ0v) is 12.0. The molecule has 84 valence electrons. The van der Waals surface area contributed by atoms with E-state index in [0.29, 0.717) is 12.7 Å². The Morgan fingerprint density at radius 3 is 2.43 bits per heavy atom. The van der Waals surface area contributed by atoms with Crippen LogP contribution in [0.2, 0.25) is 32.2 Å². The Hall–Kier alpha value is 0.354. The van der Waals surface area contributed by atoms with E-state index in [9.17, 15) is 0 Å². The standard InChI is InChI=1S/C10H24O2Si2/c1-13(2)9-7-10(6-5-8-11)12-14(13,3)4/h10-11H,5-9H2,1-4H3. The lowest BCUT2D eigenvalue weighted by Crippen LogP contribution is -2.61. The van der Waals surface area contributed by atoms with E-state index in [1.54, 1.807) is 0 Å². The molecule has 1 atom stereocenters. The Labute approximate surface area is 89.6 Å². The van der Waals surface area contributed by atoms with Crippen LogP contribution in [-0.2, 0) is 4.43 Å². The Morgan fingerprint density at radius 1 is 1.29 bits per heavy atom. The van der Waals surface area contributed by atoms with Crippen molar-refractivity contribution in [2.75, 3.05) is 6.61 Å². The van der Waals surface area contributed by atoms with E-state index in [-0.39, 0.29) is 0 Å². The molecular formula is C10H24O2Si2. The summed E-state index contributed by atoms with van der Waals surface area (Å²) in [5.41, 5.74) is 0. The van der Waals surface area contributed by atoms with E-state index in [0.717, 1.165) is 12.8 Å². The minimum Gasteiger partial charge on any atom is -0.417 e. The molecule has 0 radical (unpaired) electrons. The molecule has 4 heteroatoms. The smallest absolute Gasteiger partial charge is 0.174 e. The molecule has 0 saturated carbocycles. The molecule has 0 bridgehead atoms. The zero-order chi connectivity index (χ0) is 10.8. The van der Waals surface area contributed by atoms with E-state index in [1.807, 2.05) is 0 Å². The van der Waals surface area contributed by atoms with Crippen molar-refractivity contribution in [1.82, 2.24) is 0 Å². The highest BCUT2D eigenvalue weighted by Gasteiger charge is 2.47. The van der Waals surface area contributed by atoms with Gasteiger partial charge in [0.25, 0.3) is 0 Å². The highest BCUT2D eigenvalue weighted by atomic mass is 29.3. The third-order valence-corrected chi connectivity index (χ3v) is 20.5. The van der Waals surface area contributed by atoms with Crippen LogP contribution in [-0.4, -0.2) is 33.2 Å². The van der Waals surface area contributed by atoms with Crippen molar-refractivity contribution >= 4 is 15.4 Å². The maximum Gasteiger partial charge on any atom is 0.174 e. The first-order valence-electron chi connectivity index (χ1n) is 5.68. The van der Waals surface area contributed by atoms with Crippen molar-refractivity contribution in [2.45, 2.75) is 57.6 Å². The maximum absolute atomic E-state index is 8.79. The first kappa shape index (κ1) is 12.4. The van der Waals surface area contributed by atoms with E-state index in [1.165, 1.54) is 12.5 Å². The molecule has 2 nitrogen and oxygen atoms in total. The molecule has 1 rings (SSSR count). The van der Waals surface area contributed by atoms with Gasteiger partial charge in [0.15, 0.2) is 7.83 Å². The fourth-order valence-electron chi connectivity index (χ4n) is 1.98. The Bertz CT molecular complexity index is 193. The molecule has 14 heavy (non-hydrogen) atoms. The summed E-state index contributed by atoms with van der Waals surface area (Å²) in [7, 11) is -2.42. The second kappa shape index (κ2) is 4.47. The normalized spacial score (nSPS) is 30.2. The molecule has 0 amide bonds. The minimum atomic E-state index is -1.37. The Balaban J connectivity index is 2.50. The molecular weight excluding hydrogens is 208 g/mol. The lowest BCUT2D eigenvalue weighted by Gasteiger charge is -2.45. The van der Waals surface area contributed by atoms with Crippen molar-refractivity contribution in [3.8, 4) is 0 Å². The summed E-state index contributed by atoms with van der Waals surface area (Å²) in [6, 6.07) is 1.42. The van der Waals surface area contributed by atoms with Crippen molar-refractivity contribution in [2.24, 2.45) is 0 Å². The van der Waals surface area contributed by atoms with Crippen LogP contribution in [0, 0.1) is 0 Å². The second-order valence-corrected chi connectivity index (χ2v) is 20.7. The predicted octanol–water partition coefficient (Wildman–Crippen LogP) is 2.54. The van der Waals surface area contributed by atoms with Gasteiger partial charge < -0.3 is 9.53 Å². The quantitative estimate of drug-likeness (QED) is 0.758. The summed E-state index contributed by atoms with van der Waals surface area (Å²) < 4.78 is 6.28. The van der Waals surface area contributed by atoms with E-state index in [2.05, 4.69) is 26.2 Å². The second-order valence-electron chi connectivity index (χ2n) is 5.54. The summed E-state index contributed by atoms with van der Waals surface area (Å²) in [6.07, 6.45) is 3.63. The Morgan fingerprint density at radius 2 is 1.93 bits per heavy atom. The minimum absolute atomic E-state index is 0.308. The molecule has 0 aliphatic carbocycles. The van der Waals surface area contributed by atoms with Gasteiger partial charge in [0.1, 0.15) is 0 Å². The van der Waals surface area contributed by atoms with Gasteiger partial charge in [-0.25, -0.2) is 0 Å². The number of hydrogen-bond acceptors (Lipinski definition) is 2. The average molecular weight is 232 g/mol. The van der Waals surface area contributed by atoms with Crippen LogP contribution in [0.5, 0.6) is 0 Å². The molecule has 1 heterocycles. The topological polar surface area (TPSA) is 29.5 Å². The maximum atomic E-state index is 8.79. The van der Waals surface area contributed by atoms with Gasteiger partial charge in [-0.1, -0.05) is 19.1 Å². The highest BCUT2D eigenvalue weighted by Crippen LogP contribution is 2.34. The molecule has 1 aliphatic rings. The van der Waals surface area contributed by atoms with Crippen LogP contribution >= 0.6 is 0 Å².